The van der Waals surface area contributed by atoms with Crippen LogP contribution in [0.15, 0.2) is 30.6 Å². The lowest BCUT2D eigenvalue weighted by Crippen LogP contribution is -2.25. The van der Waals surface area contributed by atoms with Crippen LogP contribution in [0.25, 0.3) is 0 Å². The van der Waals surface area contributed by atoms with Gasteiger partial charge in [0.1, 0.15) is 23.5 Å². The zero-order valence-corrected chi connectivity index (χ0v) is 11.4. The highest BCUT2D eigenvalue weighted by Crippen LogP contribution is 2.30. The standard InChI is InChI=1S/C15H18FN3O/c1-10(17)6-15-18-4-5-19(15)9-13-8-11-7-12(16)2-3-14(11)20-13/h2-5,7,10,13H,6,8-9,17H2,1H3. The first-order chi connectivity index (χ1) is 9.61. The first-order valence-corrected chi connectivity index (χ1v) is 6.82. The fraction of sp³-hybridized carbons (Fsp3) is 0.400. The first kappa shape index (κ1) is 13.1. The van der Waals surface area contributed by atoms with Crippen LogP contribution < -0.4 is 10.5 Å². The monoisotopic (exact) mass is 275 g/mol. The average Bonchev–Trinajstić information content (AvgIpc) is 2.95. The highest BCUT2D eigenvalue weighted by molar-refractivity contribution is 5.37. The molecule has 0 saturated carbocycles. The van der Waals surface area contributed by atoms with Gasteiger partial charge in [0.05, 0.1) is 6.54 Å². The van der Waals surface area contributed by atoms with Gasteiger partial charge in [-0.25, -0.2) is 9.37 Å². The van der Waals surface area contributed by atoms with Gasteiger partial charge < -0.3 is 15.0 Å². The van der Waals surface area contributed by atoms with Gasteiger partial charge in [0.2, 0.25) is 0 Å². The van der Waals surface area contributed by atoms with Crippen LogP contribution in [0.4, 0.5) is 4.39 Å². The van der Waals surface area contributed by atoms with E-state index in [4.69, 9.17) is 10.5 Å². The minimum Gasteiger partial charge on any atom is -0.488 e. The number of nitrogens with zero attached hydrogens (tertiary/aromatic N) is 2. The second kappa shape index (κ2) is 5.25. The zero-order valence-electron chi connectivity index (χ0n) is 11.4. The summed E-state index contributed by atoms with van der Waals surface area (Å²) >= 11 is 0. The lowest BCUT2D eigenvalue weighted by atomic mass is 10.1. The number of imidazole rings is 1. The molecule has 2 aromatic rings. The van der Waals surface area contributed by atoms with E-state index in [2.05, 4.69) is 9.55 Å². The molecule has 0 bridgehead atoms. The number of hydrogen-bond acceptors (Lipinski definition) is 3. The third-order valence-electron chi connectivity index (χ3n) is 3.47. The Morgan fingerprint density at radius 1 is 1.55 bits per heavy atom. The van der Waals surface area contributed by atoms with Crippen molar-refractivity contribution in [1.82, 2.24) is 9.55 Å². The van der Waals surface area contributed by atoms with Crippen LogP contribution in [0.1, 0.15) is 18.3 Å². The molecule has 106 valence electrons. The van der Waals surface area contributed by atoms with Crippen LogP contribution in [-0.4, -0.2) is 21.7 Å². The molecule has 1 aromatic heterocycles. The van der Waals surface area contributed by atoms with Crippen LogP contribution in [-0.2, 0) is 19.4 Å². The molecule has 0 amide bonds. The molecule has 2 atom stereocenters. The van der Waals surface area contributed by atoms with Gasteiger partial charge in [-0.15, -0.1) is 0 Å². The normalized spacial score (nSPS) is 18.6. The molecule has 2 N–H and O–H groups in total. The zero-order chi connectivity index (χ0) is 14.1. The average molecular weight is 275 g/mol. The van der Waals surface area contributed by atoms with Crippen LogP contribution in [0.5, 0.6) is 5.75 Å². The number of hydrogen-bond donors (Lipinski definition) is 1. The fourth-order valence-corrected chi connectivity index (χ4v) is 2.59. The quantitative estimate of drug-likeness (QED) is 0.927. The van der Waals surface area contributed by atoms with Crippen molar-refractivity contribution in [2.45, 2.75) is 38.5 Å². The lowest BCUT2D eigenvalue weighted by molar-refractivity contribution is 0.207. The van der Waals surface area contributed by atoms with Crippen molar-refractivity contribution in [2.75, 3.05) is 0 Å². The number of ether oxygens (including phenoxy) is 1. The minimum absolute atomic E-state index is 0.0211. The van der Waals surface area contributed by atoms with Gasteiger partial charge in [0.15, 0.2) is 0 Å². The third-order valence-corrected chi connectivity index (χ3v) is 3.47. The summed E-state index contributed by atoms with van der Waals surface area (Å²) in [6.45, 7) is 2.67. The minimum atomic E-state index is -0.215. The molecule has 0 saturated heterocycles. The maximum atomic E-state index is 13.2. The second-order valence-corrected chi connectivity index (χ2v) is 5.37. The molecule has 2 heterocycles. The molecule has 1 aromatic carbocycles. The Morgan fingerprint density at radius 2 is 2.40 bits per heavy atom. The Kier molecular flexibility index (Phi) is 3.44. The highest BCUT2D eigenvalue weighted by Gasteiger charge is 2.24. The van der Waals surface area contributed by atoms with Crippen molar-refractivity contribution in [3.05, 3.63) is 47.8 Å². The Hall–Kier alpha value is -1.88. The summed E-state index contributed by atoms with van der Waals surface area (Å²) in [6.07, 6.45) is 5.20. The molecule has 1 aliphatic heterocycles. The van der Waals surface area contributed by atoms with E-state index >= 15 is 0 Å². The number of benzene rings is 1. The van der Waals surface area contributed by atoms with Gasteiger partial charge in [-0.05, 0) is 25.1 Å². The SMILES string of the molecule is CC(N)Cc1nccn1CC1Cc2cc(F)ccc2O1. The summed E-state index contributed by atoms with van der Waals surface area (Å²) in [5.74, 6) is 1.53. The van der Waals surface area contributed by atoms with E-state index in [-0.39, 0.29) is 18.0 Å². The van der Waals surface area contributed by atoms with E-state index in [0.29, 0.717) is 6.54 Å². The predicted octanol–water partition coefficient (Wildman–Crippen LogP) is 1.92. The maximum absolute atomic E-state index is 13.2. The molecular formula is C15H18FN3O. The van der Waals surface area contributed by atoms with Crippen molar-refractivity contribution >= 4 is 0 Å². The van der Waals surface area contributed by atoms with E-state index in [0.717, 1.165) is 30.0 Å². The third kappa shape index (κ3) is 2.67. The summed E-state index contributed by atoms with van der Waals surface area (Å²) in [5.41, 5.74) is 6.75. The van der Waals surface area contributed by atoms with Crippen molar-refractivity contribution in [1.29, 1.82) is 0 Å². The van der Waals surface area contributed by atoms with E-state index in [1.165, 1.54) is 6.07 Å². The molecule has 3 rings (SSSR count). The smallest absolute Gasteiger partial charge is 0.123 e. The molecule has 5 heteroatoms. The summed E-state index contributed by atoms with van der Waals surface area (Å²) < 4.78 is 21.1. The van der Waals surface area contributed by atoms with Crippen LogP contribution in [0, 0.1) is 5.82 Å². The Balaban J connectivity index is 1.70. The summed E-state index contributed by atoms with van der Waals surface area (Å²) in [6, 6.07) is 4.75. The van der Waals surface area contributed by atoms with Gasteiger partial charge >= 0.3 is 0 Å². The van der Waals surface area contributed by atoms with Gasteiger partial charge in [-0.1, -0.05) is 0 Å². The Morgan fingerprint density at radius 3 is 3.20 bits per heavy atom. The van der Waals surface area contributed by atoms with Crippen LogP contribution in [0.3, 0.4) is 0 Å². The number of aromatic nitrogens is 2. The van der Waals surface area contributed by atoms with Gasteiger partial charge in [0, 0.05) is 36.8 Å². The molecule has 0 radical (unpaired) electrons. The van der Waals surface area contributed by atoms with Crippen molar-refractivity contribution in [2.24, 2.45) is 5.73 Å². The van der Waals surface area contributed by atoms with Crippen LogP contribution >= 0.6 is 0 Å². The molecule has 0 aliphatic carbocycles. The van der Waals surface area contributed by atoms with E-state index in [1.54, 1.807) is 18.3 Å². The topological polar surface area (TPSA) is 53.1 Å². The largest absolute Gasteiger partial charge is 0.488 e. The first-order valence-electron chi connectivity index (χ1n) is 6.82. The Bertz CT molecular complexity index is 609. The predicted molar refractivity (Wildman–Crippen MR) is 74.1 cm³/mol. The van der Waals surface area contributed by atoms with Gasteiger partial charge in [-0.3, -0.25) is 0 Å². The van der Waals surface area contributed by atoms with Crippen molar-refractivity contribution in [3.8, 4) is 5.75 Å². The van der Waals surface area contributed by atoms with Crippen molar-refractivity contribution in [3.63, 3.8) is 0 Å². The Labute approximate surface area is 117 Å². The molecule has 4 nitrogen and oxygen atoms in total. The molecular weight excluding hydrogens is 257 g/mol. The van der Waals surface area contributed by atoms with Crippen LogP contribution in [0.2, 0.25) is 0 Å². The molecule has 1 aliphatic rings. The molecule has 20 heavy (non-hydrogen) atoms. The van der Waals surface area contributed by atoms with Gasteiger partial charge in [-0.2, -0.15) is 0 Å². The summed E-state index contributed by atoms with van der Waals surface area (Å²) in [7, 11) is 0. The molecule has 0 fully saturated rings. The molecule has 2 unspecified atom stereocenters. The molecule has 0 spiro atoms. The highest BCUT2D eigenvalue weighted by atomic mass is 19.1. The lowest BCUT2D eigenvalue weighted by Gasteiger charge is -2.14. The van der Waals surface area contributed by atoms with E-state index in [1.807, 2.05) is 13.1 Å². The number of nitrogens with two attached hydrogens (primary N) is 1. The summed E-state index contributed by atoms with van der Waals surface area (Å²) in [5, 5.41) is 0. The van der Waals surface area contributed by atoms with Crippen molar-refractivity contribution < 1.29 is 9.13 Å². The van der Waals surface area contributed by atoms with E-state index in [9.17, 15) is 4.39 Å². The fourth-order valence-electron chi connectivity index (χ4n) is 2.59. The van der Waals surface area contributed by atoms with E-state index < -0.39 is 0 Å². The number of halogens is 1. The van der Waals surface area contributed by atoms with Gasteiger partial charge in [0.25, 0.3) is 0 Å². The second-order valence-electron chi connectivity index (χ2n) is 5.37. The summed E-state index contributed by atoms with van der Waals surface area (Å²) in [4.78, 5) is 4.33. The number of rotatable bonds is 4. The maximum Gasteiger partial charge on any atom is 0.123 e. The number of fused-ring (bicyclic) bond motifs is 1.